The SMILES string of the molecule is CC(C)(C)c1ccc2c(c1)C(C)(C)c1cc(C(C)(C)C)cc(-c3cc4cc(-c5cc(C(C)(C)C)cc6c5-c5ccc(C(C)(C)C)cc5C6(C)C)cc5c6cc(-c7cc(C(C)(C)C)cc8c7-c7ccc(C(C)(C)C)cc7C8(C)C)cc7cc(-c8cc(C(C)(C)C)cc9c8-c8ccc(C(C)(C)C)cc8C9(C)C)cc(c(c3)c45)c76)c1-2. The van der Waals surface area contributed by atoms with E-state index in [1.807, 2.05) is 0 Å². The number of hydrogen-bond acceptors (Lipinski definition) is 0. The molecule has 0 heterocycles. The van der Waals surface area contributed by atoms with Crippen LogP contribution in [0.4, 0.5) is 0 Å². The van der Waals surface area contributed by atoms with E-state index in [0.29, 0.717) is 0 Å². The van der Waals surface area contributed by atoms with Gasteiger partial charge in [-0.25, -0.2) is 0 Å². The van der Waals surface area contributed by atoms with Crippen LogP contribution in [0.3, 0.4) is 0 Å². The van der Waals surface area contributed by atoms with Gasteiger partial charge in [0.05, 0.1) is 0 Å². The summed E-state index contributed by atoms with van der Waals surface area (Å²) in [7, 11) is 0. The van der Waals surface area contributed by atoms with Gasteiger partial charge in [-0.1, -0.05) is 319 Å². The normalized spacial score (nSPS) is 16.1. The molecule has 13 aromatic carbocycles. The largest absolute Gasteiger partial charge is 0.0579 e. The fourth-order valence-electron chi connectivity index (χ4n) is 20.4. The number of rotatable bonds is 4. The van der Waals surface area contributed by atoms with Gasteiger partial charge in [-0.15, -0.1) is 0 Å². The third kappa shape index (κ3) is 11.3. The molecule has 0 unspecified atom stereocenters. The molecule has 0 aromatic heterocycles. The zero-order valence-corrected chi connectivity index (χ0v) is 74.2. The van der Waals surface area contributed by atoms with Gasteiger partial charge in [-0.2, -0.15) is 0 Å². The van der Waals surface area contributed by atoms with Crippen LogP contribution < -0.4 is 0 Å². The van der Waals surface area contributed by atoms with Crippen LogP contribution in [-0.2, 0) is 65.0 Å². The fourth-order valence-corrected chi connectivity index (χ4v) is 20.4. The molecule has 0 radical (unpaired) electrons. The molecule has 0 saturated carbocycles. The van der Waals surface area contributed by atoms with Crippen molar-refractivity contribution in [3.8, 4) is 89.0 Å². The van der Waals surface area contributed by atoms with Gasteiger partial charge in [0.2, 0.25) is 0 Å². The Morgan fingerprint density at radius 1 is 0.170 bits per heavy atom. The maximum atomic E-state index is 2.67. The van der Waals surface area contributed by atoms with E-state index in [0.717, 1.165) is 0 Å². The first-order chi connectivity index (χ1) is 51.5. The lowest BCUT2D eigenvalue weighted by molar-refractivity contribution is 0.579. The van der Waals surface area contributed by atoms with Crippen LogP contribution in [0.5, 0.6) is 0 Å². The van der Waals surface area contributed by atoms with Gasteiger partial charge in [0.1, 0.15) is 0 Å². The quantitative estimate of drug-likeness (QED) is 0.122. The summed E-state index contributed by atoms with van der Waals surface area (Å²) in [5.74, 6) is 0. The summed E-state index contributed by atoms with van der Waals surface area (Å²) in [6.07, 6.45) is 0. The van der Waals surface area contributed by atoms with Gasteiger partial charge in [0.15, 0.2) is 0 Å². The first-order valence-electron chi connectivity index (χ1n) is 42.2. The van der Waals surface area contributed by atoms with E-state index in [9.17, 15) is 0 Å². The summed E-state index contributed by atoms with van der Waals surface area (Å²) in [4.78, 5) is 0. The van der Waals surface area contributed by atoms with Crippen molar-refractivity contribution in [2.45, 2.75) is 287 Å². The minimum atomic E-state index is -0.246. The molecule has 0 atom stereocenters. The van der Waals surface area contributed by atoms with Gasteiger partial charge in [0, 0.05) is 21.7 Å². The van der Waals surface area contributed by atoms with Gasteiger partial charge in [-0.05, 0) is 337 Å². The van der Waals surface area contributed by atoms with E-state index in [1.165, 1.54) is 221 Å². The van der Waals surface area contributed by atoms with Crippen molar-refractivity contribution in [1.29, 1.82) is 0 Å². The third-order valence-corrected chi connectivity index (χ3v) is 27.9. The van der Waals surface area contributed by atoms with Gasteiger partial charge in [0.25, 0.3) is 0 Å². The van der Waals surface area contributed by atoms with Crippen LogP contribution in [0.15, 0.2) is 170 Å². The van der Waals surface area contributed by atoms with Crippen LogP contribution in [-0.4, -0.2) is 0 Å². The van der Waals surface area contributed by atoms with Crippen LogP contribution in [0.1, 0.15) is 311 Å². The van der Waals surface area contributed by atoms with Crippen molar-refractivity contribution in [2.24, 2.45) is 0 Å². The molecular weight excluding hydrogens is 1350 g/mol. The lowest BCUT2D eigenvalue weighted by Crippen LogP contribution is -2.19. The summed E-state index contributed by atoms with van der Waals surface area (Å²) in [5.41, 5.74) is 42.0. The predicted molar refractivity (Wildman–Crippen MR) is 489 cm³/mol. The van der Waals surface area contributed by atoms with Crippen LogP contribution in [0.25, 0.3) is 132 Å². The van der Waals surface area contributed by atoms with E-state index in [2.05, 4.69) is 391 Å². The fraction of sp³-hybridized carbons (Fsp3) is 0.393. The standard InChI is InChI=1S/C112H124/c1-101(2,3)67-33-37-75-87(53-67)109(25,26)91-57-71(105(13,14)15)49-79(97(75)91)61-41-65-42-62(80-50-72(106(16,17)18)58-92-98(80)76-38-34-68(102(4,5)6)54-88(76)110(92,27)28)47-85-86-48-64(82-52-74(108(22,23)24)60-94-100(82)78-40-36-70(104(10,11)12)56-90(78)112(94,31)32)44-66-43-63(46-84(96(66)86)83(45-61)95(65)85)81-51-73(107(19,20)21)59-93-99(81)77-39-35-69(103(7,8)9)55-89(77)111(93,29)30/h33-60H,1-32H3. The van der Waals surface area contributed by atoms with E-state index < -0.39 is 0 Å². The second kappa shape index (κ2) is 23.4. The molecule has 112 heavy (non-hydrogen) atoms. The van der Waals surface area contributed by atoms with Crippen molar-refractivity contribution in [2.75, 3.05) is 0 Å². The van der Waals surface area contributed by atoms with E-state index in [1.54, 1.807) is 0 Å². The molecule has 4 aliphatic rings. The van der Waals surface area contributed by atoms with Crippen molar-refractivity contribution in [3.63, 3.8) is 0 Å². The van der Waals surface area contributed by atoms with E-state index in [4.69, 9.17) is 0 Å². The van der Waals surface area contributed by atoms with E-state index >= 15 is 0 Å². The van der Waals surface area contributed by atoms with Crippen molar-refractivity contribution in [1.82, 2.24) is 0 Å². The van der Waals surface area contributed by atoms with Crippen LogP contribution in [0, 0.1) is 0 Å². The molecule has 0 N–H and O–H groups in total. The zero-order chi connectivity index (χ0) is 80.9. The number of benzene rings is 13. The second-order valence-electron chi connectivity index (χ2n) is 45.6. The summed E-state index contributed by atoms with van der Waals surface area (Å²) < 4.78 is 0. The molecule has 0 aliphatic heterocycles. The molecule has 4 aliphatic carbocycles. The highest BCUT2D eigenvalue weighted by Gasteiger charge is 2.45. The molecule has 0 spiro atoms. The average Bonchev–Trinajstić information content (AvgIpc) is 1.51. The molecule has 0 bridgehead atoms. The maximum Gasteiger partial charge on any atom is 0.0159 e. The van der Waals surface area contributed by atoms with Crippen molar-refractivity contribution >= 4 is 43.1 Å². The van der Waals surface area contributed by atoms with Crippen molar-refractivity contribution < 1.29 is 0 Å². The monoisotopic (exact) mass is 1470 g/mol. The summed E-state index contributed by atoms with van der Waals surface area (Å²) >= 11 is 0. The molecule has 0 nitrogen and oxygen atoms in total. The molecular formula is C112H124. The second-order valence-corrected chi connectivity index (χ2v) is 45.6. The van der Waals surface area contributed by atoms with Crippen molar-refractivity contribution in [3.05, 3.63) is 259 Å². The summed E-state index contributed by atoms with van der Waals surface area (Å²) in [5, 5.41) is 10.4. The Balaban J connectivity index is 1.08. The number of hydrogen-bond donors (Lipinski definition) is 0. The Hall–Kier alpha value is -8.84. The maximum absolute atomic E-state index is 2.67. The van der Waals surface area contributed by atoms with Gasteiger partial charge < -0.3 is 0 Å². The van der Waals surface area contributed by atoms with Gasteiger partial charge >= 0.3 is 0 Å². The Labute approximate surface area is 673 Å². The molecule has 17 rings (SSSR count). The Kier molecular flexibility index (Phi) is 15.9. The van der Waals surface area contributed by atoms with Crippen LogP contribution >= 0.6 is 0 Å². The minimum absolute atomic E-state index is 0.00875. The first-order valence-corrected chi connectivity index (χ1v) is 42.2. The Morgan fingerprint density at radius 3 is 0.509 bits per heavy atom. The van der Waals surface area contributed by atoms with Crippen LogP contribution in [0.2, 0.25) is 0 Å². The predicted octanol–water partition coefficient (Wildman–Crippen LogP) is 32.0. The average molecular weight is 1470 g/mol. The first kappa shape index (κ1) is 75.8. The summed E-state index contributed by atoms with van der Waals surface area (Å²) in [6, 6.07) is 72.0. The highest BCUT2D eigenvalue weighted by molar-refractivity contribution is 6.35. The lowest BCUT2D eigenvalue weighted by Gasteiger charge is -2.28. The smallest absolute Gasteiger partial charge is 0.0159 e. The molecule has 0 heteroatoms. The molecule has 572 valence electrons. The highest BCUT2D eigenvalue weighted by Crippen LogP contribution is 2.62. The molecule has 13 aromatic rings. The highest BCUT2D eigenvalue weighted by atomic mass is 14.5. The summed E-state index contributed by atoms with van der Waals surface area (Å²) in [6.45, 7) is 77.4. The van der Waals surface area contributed by atoms with Gasteiger partial charge in [-0.3, -0.25) is 0 Å². The Bertz CT molecular complexity index is 5500. The molecule has 0 amide bonds. The lowest BCUT2D eigenvalue weighted by atomic mass is 9.75. The minimum Gasteiger partial charge on any atom is -0.0579 e. The zero-order valence-electron chi connectivity index (χ0n) is 74.2. The number of fused-ring (bicyclic) bond motifs is 14. The third-order valence-electron chi connectivity index (χ3n) is 27.9. The Morgan fingerprint density at radius 2 is 0.339 bits per heavy atom. The molecule has 0 fully saturated rings. The van der Waals surface area contributed by atoms with E-state index in [-0.39, 0.29) is 65.0 Å². The molecule has 0 saturated heterocycles. The topological polar surface area (TPSA) is 0 Å².